The van der Waals surface area contributed by atoms with Crippen molar-refractivity contribution < 1.29 is 22.3 Å². The maximum atomic E-state index is 12.5. The van der Waals surface area contributed by atoms with Crippen molar-refractivity contribution in [2.45, 2.75) is 19.7 Å². The normalized spacial score (nSPS) is 11.7. The summed E-state index contributed by atoms with van der Waals surface area (Å²) in [6, 6.07) is 11.2. The molecule has 0 bridgehead atoms. The van der Waals surface area contributed by atoms with Crippen LogP contribution in [-0.4, -0.2) is 0 Å². The number of hydrogen-bond acceptors (Lipinski definition) is 3. The lowest BCUT2D eigenvalue weighted by Gasteiger charge is -2.10. The molecule has 0 aliphatic carbocycles. The van der Waals surface area contributed by atoms with Crippen molar-refractivity contribution in [3.8, 4) is 5.75 Å². The van der Waals surface area contributed by atoms with E-state index < -0.39 is 17.4 Å². The maximum Gasteiger partial charge on any atom is 0.416 e. The molecule has 0 aliphatic heterocycles. The molecule has 1 heterocycles. The minimum Gasteiger partial charge on any atom is -0.489 e. The van der Waals surface area contributed by atoms with Gasteiger partial charge in [0.15, 0.2) is 0 Å². The molecule has 24 heavy (non-hydrogen) atoms. The average Bonchev–Trinajstić information content (AvgIpc) is 2.51. The fourth-order valence-electron chi connectivity index (χ4n) is 2.36. The number of alkyl halides is 3. The van der Waals surface area contributed by atoms with E-state index >= 15 is 0 Å². The SMILES string of the molecule is Cc1ccc2c(COc3ccc(C(F)(F)F)cc3)cc(=O)oc2c1. The number of rotatable bonds is 3. The van der Waals surface area contributed by atoms with Crippen LogP contribution in [0.4, 0.5) is 13.2 Å². The standard InChI is InChI=1S/C18H13F3O3/c1-11-2-7-15-12(9-17(22)24-16(15)8-11)10-23-14-5-3-13(4-6-14)18(19,20)21/h2-9H,10H2,1H3. The second-order valence-electron chi connectivity index (χ2n) is 5.40. The molecule has 0 saturated carbocycles. The van der Waals surface area contributed by atoms with Crippen LogP contribution in [-0.2, 0) is 12.8 Å². The Balaban J connectivity index is 1.84. The molecule has 0 fully saturated rings. The number of benzene rings is 2. The molecule has 0 N–H and O–H groups in total. The van der Waals surface area contributed by atoms with Gasteiger partial charge in [0.1, 0.15) is 17.9 Å². The zero-order chi connectivity index (χ0) is 17.3. The lowest BCUT2D eigenvalue weighted by Crippen LogP contribution is -2.05. The van der Waals surface area contributed by atoms with Crippen LogP contribution in [0.15, 0.2) is 57.7 Å². The molecular formula is C18H13F3O3. The van der Waals surface area contributed by atoms with Crippen LogP contribution in [0.3, 0.4) is 0 Å². The molecule has 0 saturated heterocycles. The molecule has 1 aromatic heterocycles. The van der Waals surface area contributed by atoms with Crippen molar-refractivity contribution >= 4 is 11.0 Å². The average molecular weight is 334 g/mol. The molecule has 0 radical (unpaired) electrons. The first-order valence-electron chi connectivity index (χ1n) is 7.16. The van der Waals surface area contributed by atoms with E-state index in [-0.39, 0.29) is 12.4 Å². The molecule has 3 aromatic rings. The Labute approximate surface area is 135 Å². The van der Waals surface area contributed by atoms with Crippen LogP contribution in [0.1, 0.15) is 16.7 Å². The van der Waals surface area contributed by atoms with Crippen molar-refractivity contribution in [1.29, 1.82) is 0 Å². The third-order valence-corrected chi connectivity index (χ3v) is 3.56. The van der Waals surface area contributed by atoms with Gasteiger partial charge in [-0.25, -0.2) is 4.79 Å². The van der Waals surface area contributed by atoms with Gasteiger partial charge >= 0.3 is 11.8 Å². The molecule has 6 heteroatoms. The van der Waals surface area contributed by atoms with Gasteiger partial charge in [-0.3, -0.25) is 0 Å². The molecule has 3 rings (SSSR count). The monoisotopic (exact) mass is 334 g/mol. The summed E-state index contributed by atoms with van der Waals surface area (Å²) in [5.74, 6) is 0.288. The molecule has 0 atom stereocenters. The van der Waals surface area contributed by atoms with Crippen LogP contribution < -0.4 is 10.4 Å². The summed E-state index contributed by atoms with van der Waals surface area (Å²) < 4.78 is 48.3. The highest BCUT2D eigenvalue weighted by Crippen LogP contribution is 2.30. The lowest BCUT2D eigenvalue weighted by atomic mass is 10.1. The van der Waals surface area contributed by atoms with E-state index in [0.29, 0.717) is 11.1 Å². The van der Waals surface area contributed by atoms with E-state index in [2.05, 4.69) is 0 Å². The van der Waals surface area contributed by atoms with E-state index in [0.717, 1.165) is 23.1 Å². The molecule has 0 amide bonds. The molecule has 2 aromatic carbocycles. The Morgan fingerprint density at radius 2 is 1.75 bits per heavy atom. The predicted molar refractivity (Wildman–Crippen MR) is 83.0 cm³/mol. The molecule has 0 spiro atoms. The Kier molecular flexibility index (Phi) is 4.05. The highest BCUT2D eigenvalue weighted by Gasteiger charge is 2.30. The van der Waals surface area contributed by atoms with Gasteiger partial charge in [0.05, 0.1) is 5.56 Å². The van der Waals surface area contributed by atoms with Crippen molar-refractivity contribution in [2.75, 3.05) is 0 Å². The Morgan fingerprint density at radius 1 is 1.04 bits per heavy atom. The molecule has 124 valence electrons. The van der Waals surface area contributed by atoms with Crippen LogP contribution in [0.25, 0.3) is 11.0 Å². The lowest BCUT2D eigenvalue weighted by molar-refractivity contribution is -0.137. The van der Waals surface area contributed by atoms with E-state index in [1.54, 1.807) is 6.07 Å². The van der Waals surface area contributed by atoms with Gasteiger partial charge in [0.2, 0.25) is 0 Å². The fraction of sp³-hybridized carbons (Fsp3) is 0.167. The van der Waals surface area contributed by atoms with Gasteiger partial charge in [-0.1, -0.05) is 12.1 Å². The number of ether oxygens (including phenoxy) is 1. The highest BCUT2D eigenvalue weighted by molar-refractivity contribution is 5.80. The third-order valence-electron chi connectivity index (χ3n) is 3.56. The van der Waals surface area contributed by atoms with E-state index in [1.165, 1.54) is 18.2 Å². The number of halogens is 3. The predicted octanol–water partition coefficient (Wildman–Crippen LogP) is 4.70. The highest BCUT2D eigenvalue weighted by atomic mass is 19.4. The first-order chi connectivity index (χ1) is 11.3. The first-order valence-corrected chi connectivity index (χ1v) is 7.16. The minimum atomic E-state index is -4.38. The smallest absolute Gasteiger partial charge is 0.416 e. The largest absolute Gasteiger partial charge is 0.489 e. The Morgan fingerprint density at radius 3 is 2.42 bits per heavy atom. The second-order valence-corrected chi connectivity index (χ2v) is 5.40. The zero-order valence-electron chi connectivity index (χ0n) is 12.7. The van der Waals surface area contributed by atoms with E-state index in [1.807, 2.05) is 19.1 Å². The fourth-order valence-corrected chi connectivity index (χ4v) is 2.36. The molecule has 3 nitrogen and oxygen atoms in total. The zero-order valence-corrected chi connectivity index (χ0v) is 12.7. The van der Waals surface area contributed by atoms with Gasteiger partial charge in [-0.2, -0.15) is 13.2 Å². The van der Waals surface area contributed by atoms with Crippen molar-refractivity contribution in [1.82, 2.24) is 0 Å². The van der Waals surface area contributed by atoms with Crippen LogP contribution in [0.5, 0.6) is 5.75 Å². The quantitative estimate of drug-likeness (QED) is 0.652. The Hall–Kier alpha value is -2.76. The molecule has 0 aliphatic rings. The summed E-state index contributed by atoms with van der Waals surface area (Å²) in [4.78, 5) is 11.6. The van der Waals surface area contributed by atoms with Crippen LogP contribution in [0, 0.1) is 6.92 Å². The summed E-state index contributed by atoms with van der Waals surface area (Å²) >= 11 is 0. The summed E-state index contributed by atoms with van der Waals surface area (Å²) in [5.41, 5.74) is 0.774. The number of aryl methyl sites for hydroxylation is 1. The van der Waals surface area contributed by atoms with E-state index in [4.69, 9.17) is 9.15 Å². The second kappa shape index (κ2) is 6.03. The van der Waals surface area contributed by atoms with Gasteiger partial charge in [0, 0.05) is 17.0 Å². The van der Waals surface area contributed by atoms with Gasteiger partial charge in [0.25, 0.3) is 0 Å². The van der Waals surface area contributed by atoms with Crippen molar-refractivity contribution in [2.24, 2.45) is 0 Å². The summed E-state index contributed by atoms with van der Waals surface area (Å²) in [6.07, 6.45) is -4.38. The van der Waals surface area contributed by atoms with Gasteiger partial charge in [-0.15, -0.1) is 0 Å². The van der Waals surface area contributed by atoms with Crippen LogP contribution >= 0.6 is 0 Å². The molecular weight excluding hydrogens is 321 g/mol. The summed E-state index contributed by atoms with van der Waals surface area (Å²) in [6.45, 7) is 1.93. The first kappa shape index (κ1) is 16.1. The van der Waals surface area contributed by atoms with Gasteiger partial charge in [-0.05, 0) is 42.8 Å². The minimum absolute atomic E-state index is 0.0521. The maximum absolute atomic E-state index is 12.5. The topological polar surface area (TPSA) is 39.4 Å². The van der Waals surface area contributed by atoms with Crippen molar-refractivity contribution in [3.05, 3.63) is 75.6 Å². The summed E-state index contributed by atoms with van der Waals surface area (Å²) in [5, 5.41) is 0.729. The number of hydrogen-bond donors (Lipinski definition) is 0. The van der Waals surface area contributed by atoms with Crippen molar-refractivity contribution in [3.63, 3.8) is 0 Å². The number of fused-ring (bicyclic) bond motifs is 1. The van der Waals surface area contributed by atoms with Crippen LogP contribution in [0.2, 0.25) is 0 Å². The third kappa shape index (κ3) is 3.42. The van der Waals surface area contributed by atoms with Gasteiger partial charge < -0.3 is 9.15 Å². The summed E-state index contributed by atoms with van der Waals surface area (Å²) in [7, 11) is 0. The van der Waals surface area contributed by atoms with E-state index in [9.17, 15) is 18.0 Å². The Bertz CT molecular complexity index is 925. The molecule has 0 unspecified atom stereocenters.